The predicted molar refractivity (Wildman–Crippen MR) is 95.1 cm³/mol. The first-order chi connectivity index (χ1) is 12.6. The zero-order valence-electron chi connectivity index (χ0n) is 15.3. The maximum absolute atomic E-state index is 12.8. The largest absolute Gasteiger partial charge is 0.497 e. The van der Waals surface area contributed by atoms with Crippen LogP contribution in [0.4, 0.5) is 5.69 Å². The van der Waals surface area contributed by atoms with E-state index in [0.717, 1.165) is 18.0 Å². The molecule has 1 aromatic carbocycles. The molecule has 8 nitrogen and oxygen atoms in total. The predicted octanol–water partition coefficient (Wildman–Crippen LogP) is 1.50. The molecule has 2 heterocycles. The second kappa shape index (κ2) is 8.29. The molecule has 0 saturated carbocycles. The summed E-state index contributed by atoms with van der Waals surface area (Å²) in [5.74, 6) is 1.97. The first-order valence-corrected chi connectivity index (χ1v) is 8.62. The van der Waals surface area contributed by atoms with E-state index >= 15 is 0 Å². The zero-order chi connectivity index (χ0) is 18.5. The lowest BCUT2D eigenvalue weighted by Gasteiger charge is -2.38. The Bertz CT molecular complexity index is 731. The Labute approximate surface area is 152 Å². The molecule has 140 valence electrons. The van der Waals surface area contributed by atoms with Gasteiger partial charge in [-0.3, -0.25) is 9.69 Å². The number of carbonyl (C=O) groups is 1. The van der Waals surface area contributed by atoms with Gasteiger partial charge in [-0.2, -0.15) is 4.98 Å². The van der Waals surface area contributed by atoms with Crippen molar-refractivity contribution in [3.05, 3.63) is 36.0 Å². The topological polar surface area (TPSA) is 80.9 Å². The van der Waals surface area contributed by atoms with Gasteiger partial charge in [0.2, 0.25) is 11.8 Å². The van der Waals surface area contributed by atoms with Crippen molar-refractivity contribution >= 4 is 11.6 Å². The summed E-state index contributed by atoms with van der Waals surface area (Å²) in [5, 5.41) is 3.94. The molecular weight excluding hydrogens is 336 g/mol. The molecule has 1 fully saturated rings. The minimum Gasteiger partial charge on any atom is -0.497 e. The summed E-state index contributed by atoms with van der Waals surface area (Å²) in [7, 11) is 3.26. The van der Waals surface area contributed by atoms with E-state index in [1.807, 2.05) is 31.2 Å². The molecule has 1 aliphatic rings. The highest BCUT2D eigenvalue weighted by atomic mass is 16.5. The Morgan fingerprint density at radius 2 is 2.00 bits per heavy atom. The maximum Gasteiger partial charge on any atom is 0.244 e. The third-order valence-corrected chi connectivity index (χ3v) is 4.54. The molecule has 0 aliphatic carbocycles. The summed E-state index contributed by atoms with van der Waals surface area (Å²) in [6.45, 7) is 4.26. The van der Waals surface area contributed by atoms with Crippen LogP contribution in [0.25, 0.3) is 0 Å². The van der Waals surface area contributed by atoms with E-state index in [1.54, 1.807) is 19.1 Å². The van der Waals surface area contributed by atoms with E-state index in [0.29, 0.717) is 37.8 Å². The number of methoxy groups -OCH3 is 2. The fourth-order valence-electron chi connectivity index (χ4n) is 2.97. The van der Waals surface area contributed by atoms with Gasteiger partial charge in [0.1, 0.15) is 5.75 Å². The number of hydrogen-bond acceptors (Lipinski definition) is 7. The standard InChI is InChI=1S/C18H24N4O4/c1-13-18(23)22(14-4-6-15(25-3)7-5-14)10-9-21(13)12-17-19-16(20-26-17)8-11-24-2/h4-7,13H,8-12H2,1-3H3. The minimum absolute atomic E-state index is 0.0561. The van der Waals surface area contributed by atoms with Gasteiger partial charge in [0.05, 0.1) is 26.3 Å². The van der Waals surface area contributed by atoms with Crippen LogP contribution >= 0.6 is 0 Å². The second-order valence-corrected chi connectivity index (χ2v) is 6.18. The molecule has 8 heteroatoms. The van der Waals surface area contributed by atoms with Gasteiger partial charge < -0.3 is 18.9 Å². The SMILES string of the molecule is COCCc1noc(CN2CCN(c3ccc(OC)cc3)C(=O)C2C)n1. The van der Waals surface area contributed by atoms with E-state index in [1.165, 1.54) is 0 Å². The summed E-state index contributed by atoms with van der Waals surface area (Å²) in [6.07, 6.45) is 0.611. The number of rotatable bonds is 7. The Kier molecular flexibility index (Phi) is 5.85. The van der Waals surface area contributed by atoms with Gasteiger partial charge in [0.25, 0.3) is 0 Å². The third kappa shape index (κ3) is 4.03. The van der Waals surface area contributed by atoms with Gasteiger partial charge in [-0.05, 0) is 31.2 Å². The number of anilines is 1. The number of carbonyl (C=O) groups excluding carboxylic acids is 1. The van der Waals surface area contributed by atoms with Crippen molar-refractivity contribution in [3.8, 4) is 5.75 Å². The molecule has 1 amide bonds. The van der Waals surface area contributed by atoms with Crippen molar-refractivity contribution in [2.24, 2.45) is 0 Å². The monoisotopic (exact) mass is 360 g/mol. The summed E-state index contributed by atoms with van der Waals surface area (Å²) < 4.78 is 15.5. The average molecular weight is 360 g/mol. The maximum atomic E-state index is 12.8. The van der Waals surface area contributed by atoms with Gasteiger partial charge in [0, 0.05) is 32.3 Å². The molecule has 1 atom stereocenters. The molecule has 1 unspecified atom stereocenters. The highest BCUT2D eigenvalue weighted by Crippen LogP contribution is 2.23. The summed E-state index contributed by atoms with van der Waals surface area (Å²) >= 11 is 0. The van der Waals surface area contributed by atoms with E-state index < -0.39 is 0 Å². The number of amides is 1. The van der Waals surface area contributed by atoms with Gasteiger partial charge in [-0.25, -0.2) is 0 Å². The van der Waals surface area contributed by atoms with Gasteiger partial charge in [0.15, 0.2) is 5.82 Å². The number of aromatic nitrogens is 2. The number of ether oxygens (including phenoxy) is 2. The Hall–Kier alpha value is -2.45. The van der Waals surface area contributed by atoms with E-state index in [4.69, 9.17) is 14.0 Å². The summed E-state index contributed by atoms with van der Waals surface area (Å²) in [6, 6.07) is 7.26. The number of hydrogen-bond donors (Lipinski definition) is 0. The molecule has 0 spiro atoms. The number of nitrogens with zero attached hydrogens (tertiary/aromatic N) is 4. The number of piperazine rings is 1. The van der Waals surface area contributed by atoms with Crippen molar-refractivity contribution in [1.82, 2.24) is 15.0 Å². The molecule has 26 heavy (non-hydrogen) atoms. The van der Waals surface area contributed by atoms with Crippen LogP contribution in [0.5, 0.6) is 5.75 Å². The van der Waals surface area contributed by atoms with Crippen LogP contribution in [-0.2, 0) is 22.5 Å². The smallest absolute Gasteiger partial charge is 0.244 e. The quantitative estimate of drug-likeness (QED) is 0.740. The molecule has 0 N–H and O–H groups in total. The van der Waals surface area contributed by atoms with Crippen LogP contribution in [0.2, 0.25) is 0 Å². The van der Waals surface area contributed by atoms with Crippen molar-refractivity contribution in [1.29, 1.82) is 0 Å². The highest BCUT2D eigenvalue weighted by molar-refractivity contribution is 5.97. The molecule has 3 rings (SSSR count). The highest BCUT2D eigenvalue weighted by Gasteiger charge is 2.33. The first kappa shape index (κ1) is 18.3. The van der Waals surface area contributed by atoms with Gasteiger partial charge in [-0.1, -0.05) is 5.16 Å². The minimum atomic E-state index is -0.264. The summed E-state index contributed by atoms with van der Waals surface area (Å²) in [4.78, 5) is 21.0. The molecule has 2 aromatic rings. The number of benzene rings is 1. The van der Waals surface area contributed by atoms with Crippen LogP contribution in [-0.4, -0.2) is 60.9 Å². The second-order valence-electron chi connectivity index (χ2n) is 6.18. The van der Waals surface area contributed by atoms with Crippen molar-refractivity contribution in [2.75, 3.05) is 38.8 Å². The Morgan fingerprint density at radius 1 is 1.23 bits per heavy atom. The average Bonchev–Trinajstić information content (AvgIpc) is 3.11. The van der Waals surface area contributed by atoms with Gasteiger partial charge in [-0.15, -0.1) is 0 Å². The lowest BCUT2D eigenvalue weighted by Crippen LogP contribution is -2.55. The molecule has 1 aliphatic heterocycles. The molecule has 0 radical (unpaired) electrons. The lowest BCUT2D eigenvalue weighted by molar-refractivity contribution is -0.125. The lowest BCUT2D eigenvalue weighted by atomic mass is 10.1. The molecule has 1 saturated heterocycles. The van der Waals surface area contributed by atoms with E-state index in [9.17, 15) is 4.79 Å². The van der Waals surface area contributed by atoms with Crippen LogP contribution in [0, 0.1) is 0 Å². The normalized spacial score (nSPS) is 18.3. The molecule has 1 aromatic heterocycles. The van der Waals surface area contributed by atoms with E-state index in [-0.39, 0.29) is 11.9 Å². The first-order valence-electron chi connectivity index (χ1n) is 8.62. The molecular formula is C18H24N4O4. The van der Waals surface area contributed by atoms with Crippen molar-refractivity contribution in [3.63, 3.8) is 0 Å². The fourth-order valence-corrected chi connectivity index (χ4v) is 2.97. The van der Waals surface area contributed by atoms with Gasteiger partial charge >= 0.3 is 0 Å². The van der Waals surface area contributed by atoms with Crippen molar-refractivity contribution < 1.29 is 18.8 Å². The van der Waals surface area contributed by atoms with Crippen LogP contribution in [0.1, 0.15) is 18.6 Å². The Balaban J connectivity index is 1.62. The summed E-state index contributed by atoms with van der Waals surface area (Å²) in [5.41, 5.74) is 0.877. The van der Waals surface area contributed by atoms with Crippen molar-refractivity contribution in [2.45, 2.75) is 25.9 Å². The van der Waals surface area contributed by atoms with Crippen LogP contribution in [0.3, 0.4) is 0 Å². The van der Waals surface area contributed by atoms with E-state index in [2.05, 4.69) is 15.0 Å². The fraction of sp³-hybridized carbons (Fsp3) is 0.500. The zero-order valence-corrected chi connectivity index (χ0v) is 15.3. The Morgan fingerprint density at radius 3 is 2.69 bits per heavy atom. The van der Waals surface area contributed by atoms with Crippen LogP contribution in [0.15, 0.2) is 28.8 Å². The third-order valence-electron chi connectivity index (χ3n) is 4.54. The van der Waals surface area contributed by atoms with Crippen LogP contribution < -0.4 is 9.64 Å². The molecule has 0 bridgehead atoms.